The van der Waals surface area contributed by atoms with Crippen LogP contribution in [-0.4, -0.2) is 50.2 Å². The highest BCUT2D eigenvalue weighted by atomic mass is 32.2. The van der Waals surface area contributed by atoms with E-state index in [9.17, 15) is 16.8 Å². The summed E-state index contributed by atoms with van der Waals surface area (Å²) in [5.41, 5.74) is 0.991. The van der Waals surface area contributed by atoms with E-state index in [1.54, 1.807) is 24.3 Å². The van der Waals surface area contributed by atoms with Crippen molar-refractivity contribution in [3.8, 4) is 0 Å². The van der Waals surface area contributed by atoms with Crippen molar-refractivity contribution in [1.29, 1.82) is 0 Å². The molecule has 0 saturated heterocycles. The van der Waals surface area contributed by atoms with Gasteiger partial charge in [-0.25, -0.2) is 13.1 Å². The minimum atomic E-state index is -3.65. The molecule has 2 atom stereocenters. The molecule has 10 heteroatoms. The van der Waals surface area contributed by atoms with E-state index in [1.807, 2.05) is 13.8 Å². The highest BCUT2D eigenvalue weighted by molar-refractivity contribution is 7.89. The van der Waals surface area contributed by atoms with Crippen LogP contribution < -0.4 is 4.72 Å². The normalized spacial score (nSPS) is 15.5. The minimum absolute atomic E-state index is 0.0494. The molecule has 186 valence electrons. The molecular formula is C22H41NO6S2Si. The molecular weight excluding hydrogens is 466 g/mol. The van der Waals surface area contributed by atoms with Gasteiger partial charge in [-0.15, -0.1) is 0 Å². The molecule has 0 spiro atoms. The third kappa shape index (κ3) is 10.0. The highest BCUT2D eigenvalue weighted by Crippen LogP contribution is 2.38. The number of rotatable bonds is 13. The second kappa shape index (κ2) is 11.6. The number of benzene rings is 1. The average Bonchev–Trinajstić information content (AvgIpc) is 2.62. The summed E-state index contributed by atoms with van der Waals surface area (Å²) in [7, 11) is -9.43. The molecule has 0 aliphatic heterocycles. The minimum Gasteiger partial charge on any atom is -0.412 e. The Hall–Kier alpha value is -0.783. The maximum atomic E-state index is 12.9. The van der Waals surface area contributed by atoms with Gasteiger partial charge in [0.25, 0.3) is 10.1 Å². The summed E-state index contributed by atoms with van der Waals surface area (Å²) in [5.74, 6) is 0. The Labute approximate surface area is 196 Å². The second-order valence-electron chi connectivity index (χ2n) is 9.99. The Balaban J connectivity index is 2.96. The Bertz CT molecular complexity index is 922. The summed E-state index contributed by atoms with van der Waals surface area (Å²) in [6.07, 6.45) is 3.08. The van der Waals surface area contributed by atoms with E-state index >= 15 is 0 Å². The molecule has 0 aromatic heterocycles. The molecule has 1 rings (SSSR count). The first kappa shape index (κ1) is 29.2. The van der Waals surface area contributed by atoms with Gasteiger partial charge in [0.15, 0.2) is 8.32 Å². The predicted octanol–water partition coefficient (Wildman–Crippen LogP) is 4.59. The molecule has 0 bridgehead atoms. The van der Waals surface area contributed by atoms with Crippen molar-refractivity contribution in [1.82, 2.24) is 4.72 Å². The highest BCUT2D eigenvalue weighted by Gasteiger charge is 2.39. The zero-order chi connectivity index (χ0) is 24.8. The molecule has 32 heavy (non-hydrogen) atoms. The van der Waals surface area contributed by atoms with Crippen molar-refractivity contribution in [2.24, 2.45) is 0 Å². The van der Waals surface area contributed by atoms with Gasteiger partial charge in [-0.1, -0.05) is 51.8 Å². The number of hydrogen-bond acceptors (Lipinski definition) is 6. The molecule has 0 unspecified atom stereocenters. The number of hydrogen-bond donors (Lipinski definition) is 1. The van der Waals surface area contributed by atoms with Gasteiger partial charge in [0.2, 0.25) is 10.0 Å². The molecule has 0 heterocycles. The summed E-state index contributed by atoms with van der Waals surface area (Å²) in [6, 6.07) is 6.47. The zero-order valence-electron chi connectivity index (χ0n) is 20.8. The fourth-order valence-electron chi connectivity index (χ4n) is 2.97. The van der Waals surface area contributed by atoms with E-state index in [1.165, 1.54) is 0 Å². The maximum Gasteiger partial charge on any atom is 0.264 e. The molecule has 7 nitrogen and oxygen atoms in total. The van der Waals surface area contributed by atoms with Crippen molar-refractivity contribution in [3.63, 3.8) is 0 Å². The van der Waals surface area contributed by atoms with Crippen LogP contribution in [0.25, 0.3) is 0 Å². The quantitative estimate of drug-likeness (QED) is 0.310. The number of aryl methyl sites for hydroxylation is 1. The van der Waals surface area contributed by atoms with Crippen LogP contribution in [0.4, 0.5) is 0 Å². The lowest BCUT2D eigenvalue weighted by Gasteiger charge is -2.39. The van der Waals surface area contributed by atoms with E-state index in [4.69, 9.17) is 8.61 Å². The molecule has 0 aliphatic rings. The first-order valence-electron chi connectivity index (χ1n) is 11.1. The number of nitrogens with one attached hydrogen (secondary N) is 1. The second-order valence-corrected chi connectivity index (χ2v) is 18.1. The average molecular weight is 508 g/mol. The molecule has 1 N–H and O–H groups in total. The van der Waals surface area contributed by atoms with Gasteiger partial charge in [-0.3, -0.25) is 4.18 Å². The van der Waals surface area contributed by atoms with E-state index in [0.29, 0.717) is 19.3 Å². The lowest BCUT2D eigenvalue weighted by Crippen LogP contribution is -2.45. The van der Waals surface area contributed by atoms with Crippen LogP contribution in [0, 0.1) is 6.92 Å². The van der Waals surface area contributed by atoms with Gasteiger partial charge in [0.1, 0.15) is 0 Å². The Kier molecular flexibility index (Phi) is 10.6. The van der Waals surface area contributed by atoms with Crippen LogP contribution in [0.2, 0.25) is 18.1 Å². The van der Waals surface area contributed by atoms with Gasteiger partial charge in [0.05, 0.1) is 23.9 Å². The van der Waals surface area contributed by atoms with Crippen molar-refractivity contribution in [3.05, 3.63) is 29.8 Å². The van der Waals surface area contributed by atoms with Gasteiger partial charge < -0.3 is 4.43 Å². The van der Waals surface area contributed by atoms with Crippen LogP contribution >= 0.6 is 0 Å². The molecule has 0 fully saturated rings. The lowest BCUT2D eigenvalue weighted by molar-refractivity contribution is 0.107. The third-order valence-corrected chi connectivity index (χ3v) is 12.5. The summed E-state index contributed by atoms with van der Waals surface area (Å²) in [4.78, 5) is 0.235. The van der Waals surface area contributed by atoms with Crippen molar-refractivity contribution < 1.29 is 25.4 Å². The zero-order valence-corrected chi connectivity index (χ0v) is 23.4. The first-order valence-corrected chi connectivity index (χ1v) is 17.3. The molecule has 1 aromatic rings. The SMILES string of the molecule is CCC[C@H](CC[C@H](COS(C)(=O)=O)O[Si](C)(C)C(C)(C)C)NS(=O)(=O)c1ccc(C)cc1. The molecule has 0 aliphatic carbocycles. The van der Waals surface area contributed by atoms with E-state index in [2.05, 4.69) is 38.6 Å². The summed E-state index contributed by atoms with van der Waals surface area (Å²) < 4.78 is 63.1. The van der Waals surface area contributed by atoms with Crippen LogP contribution in [-0.2, 0) is 28.8 Å². The lowest BCUT2D eigenvalue weighted by atomic mass is 10.1. The first-order chi connectivity index (χ1) is 14.5. The Morgan fingerprint density at radius 3 is 2.03 bits per heavy atom. The fraction of sp³-hybridized carbons (Fsp3) is 0.727. The van der Waals surface area contributed by atoms with Crippen molar-refractivity contribution in [2.75, 3.05) is 12.9 Å². The molecule has 0 saturated carbocycles. The standard InChI is InChI=1S/C22H41NO6S2Si/c1-9-10-19(23-31(26,27)21-15-11-18(2)12-16-21)13-14-20(17-28-30(6,24)25)29-32(7,8)22(3,4)5/h11-12,15-16,19-20,23H,9-10,13-14,17H2,1-8H3/t19-,20-/m1/s1. The molecule has 1 aromatic carbocycles. The van der Waals surface area contributed by atoms with Crippen LogP contribution in [0.1, 0.15) is 58.9 Å². The smallest absolute Gasteiger partial charge is 0.264 e. The molecule has 0 radical (unpaired) electrons. The maximum absolute atomic E-state index is 12.9. The van der Waals surface area contributed by atoms with Crippen LogP contribution in [0.3, 0.4) is 0 Å². The predicted molar refractivity (Wildman–Crippen MR) is 132 cm³/mol. The summed E-state index contributed by atoms with van der Waals surface area (Å²) >= 11 is 0. The van der Waals surface area contributed by atoms with Crippen LogP contribution in [0.15, 0.2) is 29.2 Å². The van der Waals surface area contributed by atoms with Gasteiger partial charge in [-0.05, 0) is 56.5 Å². The summed E-state index contributed by atoms with van der Waals surface area (Å²) in [6.45, 7) is 14.4. The molecule has 0 amide bonds. The monoisotopic (exact) mass is 507 g/mol. The van der Waals surface area contributed by atoms with E-state index in [-0.39, 0.29) is 22.6 Å². The fourth-order valence-corrected chi connectivity index (χ4v) is 6.05. The van der Waals surface area contributed by atoms with Crippen molar-refractivity contribution >= 4 is 28.5 Å². The van der Waals surface area contributed by atoms with Gasteiger partial charge >= 0.3 is 0 Å². The third-order valence-electron chi connectivity index (χ3n) is 5.86. The topological polar surface area (TPSA) is 98.8 Å². The van der Waals surface area contributed by atoms with Crippen LogP contribution in [0.5, 0.6) is 0 Å². The van der Waals surface area contributed by atoms with E-state index in [0.717, 1.165) is 18.2 Å². The van der Waals surface area contributed by atoms with Crippen molar-refractivity contribution in [2.45, 2.75) is 95.5 Å². The largest absolute Gasteiger partial charge is 0.412 e. The Morgan fingerprint density at radius 2 is 1.56 bits per heavy atom. The van der Waals surface area contributed by atoms with E-state index < -0.39 is 34.6 Å². The summed E-state index contributed by atoms with van der Waals surface area (Å²) in [5, 5.41) is -0.0494. The van der Waals surface area contributed by atoms with Gasteiger partial charge in [-0.2, -0.15) is 8.42 Å². The number of sulfonamides is 1. The van der Waals surface area contributed by atoms with Gasteiger partial charge in [0, 0.05) is 6.04 Å². The Morgan fingerprint density at radius 1 is 1.00 bits per heavy atom.